The van der Waals surface area contributed by atoms with Gasteiger partial charge in [0.05, 0.1) is 11.3 Å². The van der Waals surface area contributed by atoms with Crippen LogP contribution in [0.1, 0.15) is 23.2 Å². The number of hydrogen-bond donors (Lipinski definition) is 1. The van der Waals surface area contributed by atoms with Gasteiger partial charge in [0.25, 0.3) is 11.7 Å². The summed E-state index contributed by atoms with van der Waals surface area (Å²) in [4.78, 5) is 24.8. The van der Waals surface area contributed by atoms with Crippen LogP contribution in [0.3, 0.4) is 0 Å². The third kappa shape index (κ3) is 1.90. The number of carbonyl (C=O) groups is 2. The van der Waals surface area contributed by atoms with Crippen molar-refractivity contribution >= 4 is 17.4 Å². The Hall–Kier alpha value is -1.75. The Balaban J connectivity index is 1.79. The first-order chi connectivity index (χ1) is 8.66. The van der Waals surface area contributed by atoms with E-state index in [1.54, 1.807) is 0 Å². The second-order valence-electron chi connectivity index (χ2n) is 4.68. The highest BCUT2D eigenvalue weighted by molar-refractivity contribution is 6.52. The zero-order chi connectivity index (χ0) is 12.7. The van der Waals surface area contributed by atoms with Crippen molar-refractivity contribution in [2.24, 2.45) is 0 Å². The molecule has 1 saturated carbocycles. The number of amides is 1. The highest BCUT2D eigenvalue weighted by Crippen LogP contribution is 2.29. The molecule has 1 amide bonds. The zero-order valence-electron chi connectivity index (χ0n) is 9.78. The van der Waals surface area contributed by atoms with Gasteiger partial charge in [-0.25, -0.2) is 4.39 Å². The molecule has 1 aliphatic carbocycles. The van der Waals surface area contributed by atoms with Crippen LogP contribution in [-0.2, 0) is 4.79 Å². The third-order valence-electron chi connectivity index (χ3n) is 3.28. The molecular weight excluding hydrogens is 235 g/mol. The molecule has 3 rings (SSSR count). The second-order valence-corrected chi connectivity index (χ2v) is 4.68. The van der Waals surface area contributed by atoms with E-state index in [2.05, 4.69) is 5.32 Å². The number of fused-ring (bicyclic) bond motifs is 1. The molecule has 0 unspecified atom stereocenters. The number of rotatable bonds is 4. The molecule has 94 valence electrons. The van der Waals surface area contributed by atoms with Crippen LogP contribution in [0.4, 0.5) is 10.1 Å². The molecule has 0 aromatic heterocycles. The minimum Gasteiger partial charge on any atom is -0.312 e. The maximum atomic E-state index is 13.2. The largest absolute Gasteiger partial charge is 0.312 e. The minimum absolute atomic E-state index is 0.299. The first kappa shape index (κ1) is 11.3. The molecule has 4 nitrogen and oxygen atoms in total. The van der Waals surface area contributed by atoms with E-state index >= 15 is 0 Å². The number of carbonyl (C=O) groups excluding carboxylic acids is 2. The van der Waals surface area contributed by atoms with E-state index in [1.807, 2.05) is 0 Å². The van der Waals surface area contributed by atoms with Gasteiger partial charge in [0.15, 0.2) is 0 Å². The van der Waals surface area contributed by atoms with Gasteiger partial charge in [0, 0.05) is 19.1 Å². The SMILES string of the molecule is O=C1C(=O)N(CCNC2CC2)c2cc(F)ccc21. The van der Waals surface area contributed by atoms with Gasteiger partial charge in [-0.2, -0.15) is 0 Å². The molecular formula is C13H13FN2O2. The lowest BCUT2D eigenvalue weighted by molar-refractivity contribution is -0.114. The summed E-state index contributed by atoms with van der Waals surface area (Å²) in [6.45, 7) is 1.02. The molecule has 5 heteroatoms. The zero-order valence-corrected chi connectivity index (χ0v) is 9.78. The molecule has 1 heterocycles. The van der Waals surface area contributed by atoms with Gasteiger partial charge < -0.3 is 10.2 Å². The highest BCUT2D eigenvalue weighted by atomic mass is 19.1. The van der Waals surface area contributed by atoms with E-state index in [0.717, 1.165) is 12.8 Å². The van der Waals surface area contributed by atoms with Crippen LogP contribution in [0.5, 0.6) is 0 Å². The maximum absolute atomic E-state index is 13.2. The lowest BCUT2D eigenvalue weighted by atomic mass is 10.1. The van der Waals surface area contributed by atoms with Gasteiger partial charge in [0.2, 0.25) is 0 Å². The molecule has 18 heavy (non-hydrogen) atoms. The van der Waals surface area contributed by atoms with Crippen molar-refractivity contribution in [3.63, 3.8) is 0 Å². The van der Waals surface area contributed by atoms with E-state index < -0.39 is 17.5 Å². The Morgan fingerprint density at radius 2 is 2.11 bits per heavy atom. The summed E-state index contributed by atoms with van der Waals surface area (Å²) in [7, 11) is 0. The topological polar surface area (TPSA) is 49.4 Å². The number of halogens is 1. The number of benzene rings is 1. The van der Waals surface area contributed by atoms with Crippen LogP contribution < -0.4 is 10.2 Å². The van der Waals surface area contributed by atoms with Gasteiger partial charge >= 0.3 is 0 Å². The Morgan fingerprint density at radius 1 is 1.33 bits per heavy atom. The van der Waals surface area contributed by atoms with Crippen molar-refractivity contribution in [3.8, 4) is 0 Å². The van der Waals surface area contributed by atoms with Gasteiger partial charge in [-0.1, -0.05) is 0 Å². The van der Waals surface area contributed by atoms with E-state index in [4.69, 9.17) is 0 Å². The fourth-order valence-electron chi connectivity index (χ4n) is 2.16. The fourth-order valence-corrected chi connectivity index (χ4v) is 2.16. The average molecular weight is 248 g/mol. The van der Waals surface area contributed by atoms with Crippen molar-refractivity contribution in [2.45, 2.75) is 18.9 Å². The molecule has 0 atom stereocenters. The summed E-state index contributed by atoms with van der Waals surface area (Å²) in [5, 5.41) is 3.27. The van der Waals surface area contributed by atoms with Crippen LogP contribution in [0.2, 0.25) is 0 Å². The number of anilines is 1. The van der Waals surface area contributed by atoms with Gasteiger partial charge in [0.1, 0.15) is 5.82 Å². The van der Waals surface area contributed by atoms with Crippen LogP contribution in [0.25, 0.3) is 0 Å². The highest BCUT2D eigenvalue weighted by Gasteiger charge is 2.35. The molecule has 1 N–H and O–H groups in total. The van der Waals surface area contributed by atoms with Gasteiger partial charge in [-0.3, -0.25) is 9.59 Å². The third-order valence-corrected chi connectivity index (χ3v) is 3.28. The predicted molar refractivity (Wildman–Crippen MR) is 64.1 cm³/mol. The van der Waals surface area contributed by atoms with Crippen molar-refractivity contribution in [2.75, 3.05) is 18.0 Å². The number of nitrogens with one attached hydrogen (secondary N) is 1. The van der Waals surface area contributed by atoms with Crippen LogP contribution >= 0.6 is 0 Å². The van der Waals surface area contributed by atoms with Crippen molar-refractivity contribution in [3.05, 3.63) is 29.6 Å². The number of ketones is 1. The van der Waals surface area contributed by atoms with E-state index in [9.17, 15) is 14.0 Å². The van der Waals surface area contributed by atoms with Gasteiger partial charge in [-0.15, -0.1) is 0 Å². The first-order valence-electron chi connectivity index (χ1n) is 6.06. The predicted octanol–water partition coefficient (Wildman–Crippen LogP) is 1.11. The van der Waals surface area contributed by atoms with Gasteiger partial charge in [-0.05, 0) is 31.0 Å². The summed E-state index contributed by atoms with van der Waals surface area (Å²) in [6.07, 6.45) is 2.33. The molecule has 2 aliphatic rings. The molecule has 1 aliphatic heterocycles. The van der Waals surface area contributed by atoms with E-state index in [1.165, 1.54) is 23.1 Å². The molecule has 0 bridgehead atoms. The summed E-state index contributed by atoms with van der Waals surface area (Å²) < 4.78 is 13.2. The Kier molecular flexibility index (Phi) is 2.63. The lowest BCUT2D eigenvalue weighted by Gasteiger charge is -2.16. The molecule has 1 aromatic rings. The van der Waals surface area contributed by atoms with Crippen LogP contribution in [0, 0.1) is 5.82 Å². The minimum atomic E-state index is -0.562. The summed E-state index contributed by atoms with van der Waals surface area (Å²) in [5.74, 6) is -1.54. The normalized spacial score (nSPS) is 18.4. The average Bonchev–Trinajstić information content (AvgIpc) is 3.13. The smallest absolute Gasteiger partial charge is 0.299 e. The Morgan fingerprint density at radius 3 is 2.83 bits per heavy atom. The van der Waals surface area contributed by atoms with Crippen molar-refractivity contribution < 1.29 is 14.0 Å². The molecule has 0 radical (unpaired) electrons. The van der Waals surface area contributed by atoms with Crippen molar-refractivity contribution in [1.29, 1.82) is 0 Å². The molecule has 0 saturated heterocycles. The van der Waals surface area contributed by atoms with Crippen LogP contribution in [0.15, 0.2) is 18.2 Å². The lowest BCUT2D eigenvalue weighted by Crippen LogP contribution is -2.36. The van der Waals surface area contributed by atoms with Crippen LogP contribution in [-0.4, -0.2) is 30.8 Å². The van der Waals surface area contributed by atoms with E-state index in [-0.39, 0.29) is 0 Å². The monoisotopic (exact) mass is 248 g/mol. The summed E-state index contributed by atoms with van der Waals surface area (Å²) in [6, 6.07) is 4.37. The van der Waals surface area contributed by atoms with E-state index in [0.29, 0.717) is 30.4 Å². The standard InChI is InChI=1S/C13H13FN2O2/c14-8-1-4-10-11(7-8)16(13(18)12(10)17)6-5-15-9-2-3-9/h1,4,7,9,15H,2-3,5-6H2. The Bertz CT molecular complexity index is 526. The summed E-state index contributed by atoms with van der Waals surface area (Å²) >= 11 is 0. The molecule has 0 spiro atoms. The first-order valence-corrected chi connectivity index (χ1v) is 6.06. The van der Waals surface area contributed by atoms with Crippen molar-refractivity contribution in [1.82, 2.24) is 5.32 Å². The molecule has 1 aromatic carbocycles. The fraction of sp³-hybridized carbons (Fsp3) is 0.385. The number of hydrogen-bond acceptors (Lipinski definition) is 3. The molecule has 1 fully saturated rings. The number of nitrogens with zero attached hydrogens (tertiary/aromatic N) is 1. The second kappa shape index (κ2) is 4.17. The quantitative estimate of drug-likeness (QED) is 0.812. The summed E-state index contributed by atoms with van der Waals surface area (Å²) in [5.41, 5.74) is 0.690. The Labute approximate surface area is 104 Å². The number of Topliss-reactive ketones (excluding diaryl/α,β-unsaturated/α-hetero) is 1. The maximum Gasteiger partial charge on any atom is 0.299 e.